The molecule has 0 saturated heterocycles. The molecule has 6 nitrogen and oxygen atoms in total. The van der Waals surface area contributed by atoms with Gasteiger partial charge in [0.25, 0.3) is 5.91 Å². The molecule has 0 saturated carbocycles. The fourth-order valence-corrected chi connectivity index (χ4v) is 2.44. The molecule has 1 aromatic heterocycles. The van der Waals surface area contributed by atoms with Crippen molar-refractivity contribution in [1.29, 1.82) is 0 Å². The van der Waals surface area contributed by atoms with E-state index in [0.717, 1.165) is 0 Å². The first-order valence-electron chi connectivity index (χ1n) is 7.00. The van der Waals surface area contributed by atoms with Gasteiger partial charge in [0.05, 0.1) is 16.3 Å². The largest absolute Gasteiger partial charge is 0.477 e. The third kappa shape index (κ3) is 3.00. The molecule has 2 N–H and O–H groups in total. The summed E-state index contributed by atoms with van der Waals surface area (Å²) in [7, 11) is 0. The van der Waals surface area contributed by atoms with E-state index in [-0.39, 0.29) is 11.5 Å². The average molecular weight is 342 g/mol. The number of hydrogen-bond acceptors (Lipinski definition) is 3. The number of carbonyl (C=O) groups is 2. The van der Waals surface area contributed by atoms with Crippen LogP contribution < -0.4 is 4.90 Å². The number of aromatic amines is 1. The van der Waals surface area contributed by atoms with Crippen LogP contribution in [0.3, 0.4) is 0 Å². The van der Waals surface area contributed by atoms with Gasteiger partial charge in [0.2, 0.25) is 0 Å². The minimum Gasteiger partial charge on any atom is -0.477 e. The summed E-state index contributed by atoms with van der Waals surface area (Å²) >= 11 is 6.12. The van der Waals surface area contributed by atoms with E-state index < -0.39 is 11.9 Å². The summed E-state index contributed by atoms with van der Waals surface area (Å²) in [5.74, 6) is -1.40. The summed E-state index contributed by atoms with van der Waals surface area (Å²) in [4.78, 5) is 25.4. The fourth-order valence-electron chi connectivity index (χ4n) is 2.22. The molecular formula is C17H12ClN3O3. The standard InChI is InChI=1S/C17H12ClN3O3/c18-13-9-5-4-8-12(13)16(22)21(11-6-2-1-3-7-11)15-10-14(17(23)24)19-20-15/h1-10H,(H,19,20)(H,23,24). The molecule has 3 rings (SSSR count). The lowest BCUT2D eigenvalue weighted by Gasteiger charge is -2.20. The molecule has 24 heavy (non-hydrogen) atoms. The summed E-state index contributed by atoms with van der Waals surface area (Å²) in [6.45, 7) is 0. The molecule has 0 bridgehead atoms. The molecule has 0 radical (unpaired) electrons. The minimum absolute atomic E-state index is 0.113. The number of benzene rings is 2. The van der Waals surface area contributed by atoms with Crippen LogP contribution in [0.15, 0.2) is 60.7 Å². The lowest BCUT2D eigenvalue weighted by Crippen LogP contribution is -2.26. The Labute approximate surface area is 142 Å². The monoisotopic (exact) mass is 341 g/mol. The van der Waals surface area contributed by atoms with E-state index in [9.17, 15) is 9.59 Å². The van der Waals surface area contributed by atoms with Crippen LogP contribution in [0.2, 0.25) is 5.02 Å². The van der Waals surface area contributed by atoms with Crippen LogP contribution in [-0.2, 0) is 0 Å². The first-order valence-corrected chi connectivity index (χ1v) is 7.38. The second kappa shape index (κ2) is 6.55. The summed E-state index contributed by atoms with van der Waals surface area (Å²) in [6.07, 6.45) is 0. The molecule has 2 aromatic carbocycles. The number of halogens is 1. The maximum absolute atomic E-state index is 13.0. The van der Waals surface area contributed by atoms with Crippen LogP contribution in [0.25, 0.3) is 0 Å². The number of carboxylic acids is 1. The van der Waals surface area contributed by atoms with E-state index in [4.69, 9.17) is 16.7 Å². The average Bonchev–Trinajstić information content (AvgIpc) is 3.06. The molecular weight excluding hydrogens is 330 g/mol. The molecule has 0 spiro atoms. The molecule has 120 valence electrons. The number of H-pyrrole nitrogens is 1. The third-order valence-corrected chi connectivity index (χ3v) is 3.68. The highest BCUT2D eigenvalue weighted by Crippen LogP contribution is 2.28. The maximum Gasteiger partial charge on any atom is 0.353 e. The van der Waals surface area contributed by atoms with Crippen molar-refractivity contribution in [3.8, 4) is 0 Å². The van der Waals surface area contributed by atoms with Gasteiger partial charge in [-0.05, 0) is 24.3 Å². The zero-order chi connectivity index (χ0) is 17.1. The highest BCUT2D eigenvalue weighted by Gasteiger charge is 2.24. The van der Waals surface area contributed by atoms with Crippen molar-refractivity contribution in [1.82, 2.24) is 10.2 Å². The van der Waals surface area contributed by atoms with Crippen molar-refractivity contribution in [3.05, 3.63) is 76.9 Å². The van der Waals surface area contributed by atoms with Crippen LogP contribution in [0.5, 0.6) is 0 Å². The van der Waals surface area contributed by atoms with Crippen molar-refractivity contribution in [3.63, 3.8) is 0 Å². The van der Waals surface area contributed by atoms with Crippen molar-refractivity contribution in [2.45, 2.75) is 0 Å². The smallest absolute Gasteiger partial charge is 0.353 e. The second-order valence-electron chi connectivity index (χ2n) is 4.90. The van der Waals surface area contributed by atoms with E-state index in [1.807, 2.05) is 6.07 Å². The van der Waals surface area contributed by atoms with Crippen LogP contribution in [0.1, 0.15) is 20.8 Å². The van der Waals surface area contributed by atoms with Gasteiger partial charge in [0.1, 0.15) is 5.69 Å². The fraction of sp³-hybridized carbons (Fsp3) is 0. The Hall–Kier alpha value is -3.12. The quantitative estimate of drug-likeness (QED) is 0.756. The van der Waals surface area contributed by atoms with Crippen LogP contribution >= 0.6 is 11.6 Å². The van der Waals surface area contributed by atoms with Crippen molar-refractivity contribution in [2.24, 2.45) is 0 Å². The Bertz CT molecular complexity index is 893. The van der Waals surface area contributed by atoms with Gasteiger partial charge in [-0.2, -0.15) is 5.10 Å². The predicted molar refractivity (Wildman–Crippen MR) is 89.9 cm³/mol. The number of nitrogens with zero attached hydrogens (tertiary/aromatic N) is 2. The van der Waals surface area contributed by atoms with E-state index in [1.54, 1.807) is 48.5 Å². The Balaban J connectivity index is 2.10. The molecule has 0 atom stereocenters. The van der Waals surface area contributed by atoms with Gasteiger partial charge in [-0.3, -0.25) is 14.8 Å². The Morgan fingerprint density at radius 3 is 2.33 bits per heavy atom. The lowest BCUT2D eigenvalue weighted by atomic mass is 10.1. The zero-order valence-electron chi connectivity index (χ0n) is 12.3. The third-order valence-electron chi connectivity index (χ3n) is 3.35. The van der Waals surface area contributed by atoms with Crippen molar-refractivity contribution in [2.75, 3.05) is 4.90 Å². The van der Waals surface area contributed by atoms with Crippen LogP contribution in [0, 0.1) is 0 Å². The number of nitrogens with one attached hydrogen (secondary N) is 1. The number of carboxylic acid groups (broad SMARTS) is 1. The molecule has 3 aromatic rings. The molecule has 0 aliphatic heterocycles. The Kier molecular flexibility index (Phi) is 4.31. The number of para-hydroxylation sites is 1. The predicted octanol–water partition coefficient (Wildman–Crippen LogP) is 3.74. The number of aromatic carboxylic acids is 1. The zero-order valence-corrected chi connectivity index (χ0v) is 13.1. The molecule has 0 fully saturated rings. The maximum atomic E-state index is 13.0. The van der Waals surface area contributed by atoms with E-state index in [2.05, 4.69) is 10.2 Å². The van der Waals surface area contributed by atoms with Gasteiger partial charge in [-0.25, -0.2) is 4.79 Å². The summed E-state index contributed by atoms with van der Waals surface area (Å²) in [6, 6.07) is 16.8. The van der Waals surface area contributed by atoms with Gasteiger partial charge in [0.15, 0.2) is 5.82 Å². The van der Waals surface area contributed by atoms with Gasteiger partial charge < -0.3 is 5.11 Å². The molecule has 0 unspecified atom stereocenters. The summed E-state index contributed by atoms with van der Waals surface area (Å²) in [5.41, 5.74) is 0.728. The SMILES string of the molecule is O=C(O)c1cc(N(C(=O)c2ccccc2Cl)c2ccccc2)n[nH]1. The Morgan fingerprint density at radius 2 is 1.71 bits per heavy atom. The van der Waals surface area contributed by atoms with Crippen molar-refractivity contribution >= 4 is 35.0 Å². The number of carbonyl (C=O) groups excluding carboxylic acids is 1. The molecule has 1 amide bonds. The number of anilines is 2. The molecule has 0 aliphatic rings. The second-order valence-corrected chi connectivity index (χ2v) is 5.31. The Morgan fingerprint density at radius 1 is 1.04 bits per heavy atom. The van der Waals surface area contributed by atoms with Crippen LogP contribution in [0.4, 0.5) is 11.5 Å². The lowest BCUT2D eigenvalue weighted by molar-refractivity contribution is 0.0690. The van der Waals surface area contributed by atoms with Gasteiger partial charge in [0, 0.05) is 6.07 Å². The van der Waals surface area contributed by atoms with E-state index in [0.29, 0.717) is 16.3 Å². The molecule has 7 heteroatoms. The number of hydrogen-bond donors (Lipinski definition) is 2. The van der Waals surface area contributed by atoms with E-state index in [1.165, 1.54) is 11.0 Å². The highest BCUT2D eigenvalue weighted by atomic mass is 35.5. The van der Waals surface area contributed by atoms with Gasteiger partial charge in [-0.1, -0.05) is 41.9 Å². The first kappa shape index (κ1) is 15.8. The number of rotatable bonds is 4. The molecule has 0 aliphatic carbocycles. The van der Waals surface area contributed by atoms with Gasteiger partial charge >= 0.3 is 5.97 Å². The first-order chi connectivity index (χ1) is 11.6. The number of aromatic nitrogens is 2. The van der Waals surface area contributed by atoms with E-state index >= 15 is 0 Å². The van der Waals surface area contributed by atoms with Crippen molar-refractivity contribution < 1.29 is 14.7 Å². The topological polar surface area (TPSA) is 86.3 Å². The van der Waals surface area contributed by atoms with Crippen LogP contribution in [-0.4, -0.2) is 27.2 Å². The summed E-state index contributed by atoms with van der Waals surface area (Å²) < 4.78 is 0. The summed E-state index contributed by atoms with van der Waals surface area (Å²) in [5, 5.41) is 15.7. The normalized spacial score (nSPS) is 10.4. The molecule has 1 heterocycles. The number of amides is 1. The van der Waals surface area contributed by atoms with Gasteiger partial charge in [-0.15, -0.1) is 0 Å². The highest BCUT2D eigenvalue weighted by molar-refractivity contribution is 6.34. The minimum atomic E-state index is -1.16.